The minimum Gasteiger partial charge on any atom is -0.492 e. The van der Waals surface area contributed by atoms with E-state index < -0.39 is 12.2 Å². The number of para-hydroxylation sites is 2. The van der Waals surface area contributed by atoms with Gasteiger partial charge in [0.2, 0.25) is 0 Å². The highest BCUT2D eigenvalue weighted by molar-refractivity contribution is 7.22. The first-order valence-electron chi connectivity index (χ1n) is 17.2. The standard InChI is InChI=1S/C42H39N3O5S/c46-41(43-32-10-4-1-5-11-32)49-35-20-16-31(17-21-35)40-38(28-30-14-18-34(19-15-30)48-27-26-45-24-8-3-9-25-45)37-23-22-36(29-39(37)51-40)50-42(47)44-33-12-6-2-7-13-33/h1-2,4-7,10-23,29H,3,8-9,24-28H2,(H,43,46)(H,44,47). The van der Waals surface area contributed by atoms with Gasteiger partial charge in [0.05, 0.1) is 0 Å². The van der Waals surface area contributed by atoms with Crippen LogP contribution in [0.25, 0.3) is 20.5 Å². The summed E-state index contributed by atoms with van der Waals surface area (Å²) in [7, 11) is 0. The lowest BCUT2D eigenvalue weighted by atomic mass is 9.99. The number of fused-ring (bicyclic) bond motifs is 1. The van der Waals surface area contributed by atoms with Crippen molar-refractivity contribution in [2.45, 2.75) is 25.7 Å². The molecule has 2 N–H and O–H groups in total. The van der Waals surface area contributed by atoms with Gasteiger partial charge in [0.25, 0.3) is 0 Å². The number of hydrogen-bond donors (Lipinski definition) is 2. The third kappa shape index (κ3) is 9.13. The molecule has 0 spiro atoms. The third-order valence-corrected chi connectivity index (χ3v) is 10.0. The van der Waals surface area contributed by atoms with E-state index >= 15 is 0 Å². The Labute approximate surface area is 301 Å². The summed E-state index contributed by atoms with van der Waals surface area (Å²) >= 11 is 1.63. The number of piperidine rings is 1. The molecule has 0 saturated carbocycles. The molecule has 1 fully saturated rings. The van der Waals surface area contributed by atoms with Crippen molar-refractivity contribution in [2.75, 3.05) is 36.9 Å². The molecule has 9 heteroatoms. The van der Waals surface area contributed by atoms with E-state index in [1.54, 1.807) is 35.6 Å². The van der Waals surface area contributed by atoms with E-state index in [1.807, 2.05) is 91.0 Å². The summed E-state index contributed by atoms with van der Waals surface area (Å²) in [6.45, 7) is 3.95. The van der Waals surface area contributed by atoms with Crippen molar-refractivity contribution in [3.05, 3.63) is 139 Å². The van der Waals surface area contributed by atoms with Crippen LogP contribution in [-0.4, -0.2) is 43.3 Å². The third-order valence-electron chi connectivity index (χ3n) is 8.77. The first kappa shape index (κ1) is 33.8. The Morgan fingerprint density at radius 3 is 1.88 bits per heavy atom. The molecule has 7 rings (SSSR count). The maximum absolute atomic E-state index is 12.7. The Morgan fingerprint density at radius 2 is 1.24 bits per heavy atom. The fraction of sp³-hybridized carbons (Fsp3) is 0.190. The highest BCUT2D eigenvalue weighted by Crippen LogP contribution is 2.42. The minimum absolute atomic E-state index is 0.436. The maximum atomic E-state index is 12.7. The lowest BCUT2D eigenvalue weighted by molar-refractivity contribution is 0.183. The fourth-order valence-electron chi connectivity index (χ4n) is 6.20. The van der Waals surface area contributed by atoms with Gasteiger partial charge in [-0.2, -0.15) is 0 Å². The molecule has 0 atom stereocenters. The van der Waals surface area contributed by atoms with Crippen LogP contribution < -0.4 is 24.8 Å². The summed E-state index contributed by atoms with van der Waals surface area (Å²) in [5, 5.41) is 6.59. The number of amides is 2. The Kier molecular flexibility index (Phi) is 10.9. The molecule has 5 aromatic carbocycles. The highest BCUT2D eigenvalue weighted by atomic mass is 32.1. The summed E-state index contributed by atoms with van der Waals surface area (Å²) < 4.78 is 18.3. The van der Waals surface area contributed by atoms with Crippen LogP contribution in [0.15, 0.2) is 127 Å². The van der Waals surface area contributed by atoms with Crippen LogP contribution in [0.5, 0.6) is 17.2 Å². The second-order valence-electron chi connectivity index (χ2n) is 12.4. The zero-order valence-corrected chi connectivity index (χ0v) is 29.0. The van der Waals surface area contributed by atoms with Gasteiger partial charge in [-0.15, -0.1) is 11.3 Å². The van der Waals surface area contributed by atoms with Gasteiger partial charge in [-0.05, 0) is 133 Å². The number of benzene rings is 5. The lowest BCUT2D eigenvalue weighted by Gasteiger charge is -2.26. The van der Waals surface area contributed by atoms with Crippen LogP contribution in [0.4, 0.5) is 21.0 Å². The Hall–Kier alpha value is -5.64. The van der Waals surface area contributed by atoms with Gasteiger partial charge in [0.15, 0.2) is 0 Å². The van der Waals surface area contributed by atoms with E-state index in [4.69, 9.17) is 14.2 Å². The predicted octanol–water partition coefficient (Wildman–Crippen LogP) is 10.2. The summed E-state index contributed by atoms with van der Waals surface area (Å²) in [5.41, 5.74) is 4.62. The number of carbonyl (C=O) groups is 2. The van der Waals surface area contributed by atoms with Gasteiger partial charge < -0.3 is 14.2 Å². The van der Waals surface area contributed by atoms with E-state index in [9.17, 15) is 9.59 Å². The lowest BCUT2D eigenvalue weighted by Crippen LogP contribution is -2.33. The van der Waals surface area contributed by atoms with Crippen molar-refractivity contribution in [1.82, 2.24) is 4.90 Å². The van der Waals surface area contributed by atoms with Gasteiger partial charge in [-0.3, -0.25) is 15.5 Å². The van der Waals surface area contributed by atoms with E-state index in [0.29, 0.717) is 35.9 Å². The molecule has 0 unspecified atom stereocenters. The second kappa shape index (κ2) is 16.4. The molecule has 2 heterocycles. The zero-order chi connectivity index (χ0) is 34.8. The number of carbonyl (C=O) groups excluding carboxylic acids is 2. The van der Waals surface area contributed by atoms with Crippen LogP contribution in [-0.2, 0) is 6.42 Å². The molecule has 2 amide bonds. The van der Waals surface area contributed by atoms with Gasteiger partial charge in [0, 0.05) is 27.5 Å². The summed E-state index contributed by atoms with van der Waals surface area (Å²) in [6.07, 6.45) is 3.46. The van der Waals surface area contributed by atoms with E-state index in [1.165, 1.54) is 19.3 Å². The molecule has 6 aromatic rings. The quantitative estimate of drug-likeness (QED) is 0.140. The maximum Gasteiger partial charge on any atom is 0.417 e. The number of anilines is 2. The van der Waals surface area contributed by atoms with Crippen molar-refractivity contribution < 1.29 is 23.8 Å². The summed E-state index contributed by atoms with van der Waals surface area (Å²) in [6, 6.07) is 40.0. The molecule has 0 radical (unpaired) electrons. The fourth-order valence-corrected chi connectivity index (χ4v) is 7.46. The molecule has 1 aliphatic heterocycles. The topological polar surface area (TPSA) is 89.1 Å². The molecule has 258 valence electrons. The van der Waals surface area contributed by atoms with E-state index in [2.05, 4.69) is 27.7 Å². The van der Waals surface area contributed by atoms with Crippen molar-refractivity contribution in [3.63, 3.8) is 0 Å². The first-order chi connectivity index (χ1) is 25.1. The van der Waals surface area contributed by atoms with Gasteiger partial charge in [-0.25, -0.2) is 9.59 Å². The molecular formula is C42H39N3O5S. The van der Waals surface area contributed by atoms with Crippen LogP contribution in [0.1, 0.15) is 30.4 Å². The second-order valence-corrected chi connectivity index (χ2v) is 13.5. The molecule has 1 aliphatic rings. The molecule has 1 saturated heterocycles. The van der Waals surface area contributed by atoms with Crippen LogP contribution in [0.3, 0.4) is 0 Å². The van der Waals surface area contributed by atoms with Gasteiger partial charge >= 0.3 is 12.2 Å². The van der Waals surface area contributed by atoms with Crippen LogP contribution in [0, 0.1) is 0 Å². The number of rotatable bonds is 11. The number of ether oxygens (including phenoxy) is 3. The normalized spacial score (nSPS) is 13.0. The average Bonchev–Trinajstić information content (AvgIpc) is 3.51. The highest BCUT2D eigenvalue weighted by Gasteiger charge is 2.17. The van der Waals surface area contributed by atoms with Crippen molar-refractivity contribution in [1.29, 1.82) is 0 Å². The molecule has 51 heavy (non-hydrogen) atoms. The molecule has 1 aromatic heterocycles. The molecule has 8 nitrogen and oxygen atoms in total. The minimum atomic E-state index is -0.556. The van der Waals surface area contributed by atoms with Gasteiger partial charge in [0.1, 0.15) is 23.9 Å². The first-order valence-corrected chi connectivity index (χ1v) is 18.1. The number of hydrogen-bond acceptors (Lipinski definition) is 7. The molecule has 0 aliphatic carbocycles. The van der Waals surface area contributed by atoms with Gasteiger partial charge in [-0.1, -0.05) is 55.0 Å². The van der Waals surface area contributed by atoms with E-state index in [-0.39, 0.29) is 0 Å². The number of nitrogens with zero attached hydrogens (tertiary/aromatic N) is 1. The Morgan fingerprint density at radius 1 is 0.647 bits per heavy atom. The number of nitrogens with one attached hydrogen (secondary N) is 2. The van der Waals surface area contributed by atoms with Crippen molar-refractivity contribution >= 4 is 45.0 Å². The predicted molar refractivity (Wildman–Crippen MR) is 204 cm³/mol. The molecular weight excluding hydrogens is 659 g/mol. The summed E-state index contributed by atoms with van der Waals surface area (Å²) in [4.78, 5) is 28.7. The largest absolute Gasteiger partial charge is 0.492 e. The number of likely N-dealkylation sites (tertiary alicyclic amines) is 1. The van der Waals surface area contributed by atoms with Crippen molar-refractivity contribution in [2.24, 2.45) is 0 Å². The van der Waals surface area contributed by atoms with Crippen LogP contribution >= 0.6 is 11.3 Å². The monoisotopic (exact) mass is 697 g/mol. The van der Waals surface area contributed by atoms with Crippen LogP contribution in [0.2, 0.25) is 0 Å². The Bertz CT molecular complexity index is 2060. The molecule has 0 bridgehead atoms. The number of thiophene rings is 1. The average molecular weight is 698 g/mol. The smallest absolute Gasteiger partial charge is 0.417 e. The Balaban J connectivity index is 1.09. The zero-order valence-electron chi connectivity index (χ0n) is 28.2. The summed E-state index contributed by atoms with van der Waals surface area (Å²) in [5.74, 6) is 1.76. The SMILES string of the molecule is O=C(Nc1ccccc1)Oc1ccc(-c2sc3cc(OC(=O)Nc4ccccc4)ccc3c2Cc2ccc(OCCN3CCCCC3)cc2)cc1. The van der Waals surface area contributed by atoms with Crippen molar-refractivity contribution in [3.8, 4) is 27.7 Å². The van der Waals surface area contributed by atoms with E-state index in [0.717, 1.165) is 57.0 Å².